The predicted molar refractivity (Wildman–Crippen MR) is 108 cm³/mol. The molecule has 5 nitrogen and oxygen atoms in total. The summed E-state index contributed by atoms with van der Waals surface area (Å²) in [6.07, 6.45) is 0.428. The molecule has 3 rings (SSSR count). The van der Waals surface area contributed by atoms with E-state index in [1.165, 1.54) is 0 Å². The van der Waals surface area contributed by atoms with E-state index in [0.717, 1.165) is 17.5 Å². The molecule has 2 amide bonds. The van der Waals surface area contributed by atoms with E-state index in [2.05, 4.69) is 17.6 Å². The number of alkyl carbamates (subject to hydrolysis) is 1. The van der Waals surface area contributed by atoms with Crippen LogP contribution in [0.4, 0.5) is 4.79 Å². The Balaban J connectivity index is 1.72. The molecule has 28 heavy (non-hydrogen) atoms. The summed E-state index contributed by atoms with van der Waals surface area (Å²) in [6.45, 7) is 4.31. The van der Waals surface area contributed by atoms with Crippen molar-refractivity contribution in [3.63, 3.8) is 0 Å². The number of amides is 2. The summed E-state index contributed by atoms with van der Waals surface area (Å²) in [5.41, 5.74) is 1.77. The van der Waals surface area contributed by atoms with E-state index in [1.807, 2.05) is 67.6 Å². The normalized spacial score (nSPS) is 22.6. The average Bonchev–Trinajstić information content (AvgIpc) is 3.43. The molecular formula is C23H28N2O3. The minimum Gasteiger partial charge on any atom is -0.445 e. The third kappa shape index (κ3) is 4.35. The summed E-state index contributed by atoms with van der Waals surface area (Å²) in [5, 5.41) is 5.79. The summed E-state index contributed by atoms with van der Waals surface area (Å²) < 4.78 is 5.44. The maximum Gasteiger partial charge on any atom is 0.407 e. The number of ether oxygens (including phenoxy) is 1. The molecule has 0 saturated heterocycles. The molecule has 1 saturated carbocycles. The van der Waals surface area contributed by atoms with Gasteiger partial charge in [0.25, 0.3) is 0 Å². The number of nitrogens with one attached hydrogen (secondary N) is 2. The molecular weight excluding hydrogens is 352 g/mol. The van der Waals surface area contributed by atoms with Crippen LogP contribution in [0.3, 0.4) is 0 Å². The lowest BCUT2D eigenvalue weighted by Gasteiger charge is -2.27. The Morgan fingerprint density at radius 1 is 1.11 bits per heavy atom. The summed E-state index contributed by atoms with van der Waals surface area (Å²) >= 11 is 0. The Morgan fingerprint density at radius 3 is 2.32 bits per heavy atom. The molecule has 1 fully saturated rings. The van der Waals surface area contributed by atoms with Crippen LogP contribution in [0.5, 0.6) is 0 Å². The highest BCUT2D eigenvalue weighted by molar-refractivity contribution is 5.79. The molecule has 1 aliphatic carbocycles. The Bertz CT molecular complexity index is 809. The van der Waals surface area contributed by atoms with E-state index >= 15 is 0 Å². The molecule has 2 N–H and O–H groups in total. The maximum absolute atomic E-state index is 12.5. The Kier molecular flexibility index (Phi) is 6.02. The lowest BCUT2D eigenvalue weighted by molar-refractivity contribution is -0.124. The molecule has 148 valence electrons. The van der Waals surface area contributed by atoms with Gasteiger partial charge in [-0.2, -0.15) is 0 Å². The average molecular weight is 380 g/mol. The zero-order valence-corrected chi connectivity index (χ0v) is 16.6. The Hall–Kier alpha value is -2.82. The van der Waals surface area contributed by atoms with Crippen molar-refractivity contribution in [1.29, 1.82) is 0 Å². The van der Waals surface area contributed by atoms with E-state index in [-0.39, 0.29) is 35.8 Å². The fourth-order valence-electron chi connectivity index (χ4n) is 4.06. The van der Waals surface area contributed by atoms with Crippen LogP contribution in [-0.2, 0) is 16.1 Å². The molecule has 0 radical (unpaired) electrons. The summed E-state index contributed by atoms with van der Waals surface area (Å²) in [7, 11) is 1.66. The monoisotopic (exact) mass is 380 g/mol. The minimum atomic E-state index is -0.447. The van der Waals surface area contributed by atoms with Gasteiger partial charge < -0.3 is 15.4 Å². The van der Waals surface area contributed by atoms with Crippen molar-refractivity contribution in [2.45, 2.75) is 32.9 Å². The smallest absolute Gasteiger partial charge is 0.407 e. The summed E-state index contributed by atoms with van der Waals surface area (Å²) in [4.78, 5) is 24.6. The number of benzene rings is 2. The molecule has 5 heteroatoms. The molecule has 0 unspecified atom stereocenters. The van der Waals surface area contributed by atoms with Crippen molar-refractivity contribution in [2.24, 2.45) is 17.3 Å². The molecule has 0 bridgehead atoms. The fourth-order valence-corrected chi connectivity index (χ4v) is 4.06. The number of carbonyl (C=O) groups is 2. The van der Waals surface area contributed by atoms with Crippen molar-refractivity contribution in [1.82, 2.24) is 10.6 Å². The second-order valence-electron chi connectivity index (χ2n) is 7.77. The Morgan fingerprint density at radius 2 is 1.71 bits per heavy atom. The van der Waals surface area contributed by atoms with Gasteiger partial charge in [0.15, 0.2) is 0 Å². The van der Waals surface area contributed by atoms with Gasteiger partial charge in [0.05, 0.1) is 6.04 Å². The van der Waals surface area contributed by atoms with Gasteiger partial charge in [-0.05, 0) is 28.9 Å². The van der Waals surface area contributed by atoms with Crippen LogP contribution in [-0.4, -0.2) is 19.0 Å². The zero-order chi connectivity index (χ0) is 20.1. The largest absolute Gasteiger partial charge is 0.445 e. The third-order valence-electron chi connectivity index (χ3n) is 5.88. The number of hydrogen-bond acceptors (Lipinski definition) is 3. The first-order chi connectivity index (χ1) is 13.5. The van der Waals surface area contributed by atoms with Crippen molar-refractivity contribution >= 4 is 12.0 Å². The van der Waals surface area contributed by atoms with Crippen LogP contribution in [0.25, 0.3) is 0 Å². The lowest BCUT2D eigenvalue weighted by atomic mass is 9.86. The van der Waals surface area contributed by atoms with Crippen LogP contribution in [0.1, 0.15) is 37.4 Å². The summed E-state index contributed by atoms with van der Waals surface area (Å²) in [6, 6.07) is 19.3. The molecule has 0 aliphatic heterocycles. The van der Waals surface area contributed by atoms with Gasteiger partial charge in [-0.15, -0.1) is 0 Å². The molecule has 2 aromatic rings. The number of rotatable bonds is 7. The van der Waals surface area contributed by atoms with Crippen molar-refractivity contribution in [2.75, 3.05) is 7.05 Å². The van der Waals surface area contributed by atoms with E-state index in [0.29, 0.717) is 0 Å². The molecule has 2 aromatic carbocycles. The topological polar surface area (TPSA) is 67.4 Å². The highest BCUT2D eigenvalue weighted by Crippen LogP contribution is 2.63. The molecule has 1 aliphatic rings. The van der Waals surface area contributed by atoms with Gasteiger partial charge in [-0.1, -0.05) is 74.5 Å². The molecule has 0 aromatic heterocycles. The quantitative estimate of drug-likeness (QED) is 0.761. The summed E-state index contributed by atoms with van der Waals surface area (Å²) in [5.74, 6) is 0.127. The highest BCUT2D eigenvalue weighted by atomic mass is 16.5. The minimum absolute atomic E-state index is 0.0344. The molecule has 0 heterocycles. The second kappa shape index (κ2) is 8.46. The van der Waals surface area contributed by atoms with Crippen molar-refractivity contribution in [3.8, 4) is 0 Å². The number of carbonyl (C=O) groups excluding carboxylic acids is 2. The Labute approximate surface area is 166 Å². The van der Waals surface area contributed by atoms with Gasteiger partial charge >= 0.3 is 6.09 Å². The van der Waals surface area contributed by atoms with Crippen molar-refractivity contribution < 1.29 is 14.3 Å². The van der Waals surface area contributed by atoms with Gasteiger partial charge in [-0.25, -0.2) is 4.79 Å². The van der Waals surface area contributed by atoms with E-state index in [1.54, 1.807) is 7.05 Å². The lowest BCUT2D eigenvalue weighted by Crippen LogP contribution is -2.36. The van der Waals surface area contributed by atoms with E-state index in [9.17, 15) is 9.59 Å². The van der Waals surface area contributed by atoms with Gasteiger partial charge in [-0.3, -0.25) is 4.79 Å². The number of hydrogen-bond donors (Lipinski definition) is 2. The standard InChI is InChI=1S/C23H28N2O3/c1-16(21(26)24-3)19-14-23(19,2)20(18-12-8-5-9-13-18)25-22(27)28-15-17-10-6-4-7-11-17/h4-13,16,19-20H,14-15H2,1-3H3,(H,24,26)(H,25,27)/t16-,19-,20-,23+/m1/s1. The van der Waals surface area contributed by atoms with Crippen LogP contribution in [0.2, 0.25) is 0 Å². The SMILES string of the molecule is CNC(=O)[C@H](C)[C@H]1C[C@]1(C)[C@H](NC(=O)OCc1ccccc1)c1ccccc1. The highest BCUT2D eigenvalue weighted by Gasteiger charge is 2.59. The molecule has 4 atom stereocenters. The first kappa shape index (κ1) is 19.9. The second-order valence-corrected chi connectivity index (χ2v) is 7.77. The van der Waals surface area contributed by atoms with Crippen LogP contribution in [0, 0.1) is 17.3 Å². The first-order valence-corrected chi connectivity index (χ1v) is 9.69. The maximum atomic E-state index is 12.5. The third-order valence-corrected chi connectivity index (χ3v) is 5.88. The van der Waals surface area contributed by atoms with Crippen LogP contribution in [0.15, 0.2) is 60.7 Å². The fraction of sp³-hybridized carbons (Fsp3) is 0.391. The zero-order valence-electron chi connectivity index (χ0n) is 16.6. The first-order valence-electron chi connectivity index (χ1n) is 9.69. The van der Waals surface area contributed by atoms with Gasteiger partial charge in [0.1, 0.15) is 6.61 Å². The van der Waals surface area contributed by atoms with E-state index < -0.39 is 6.09 Å². The van der Waals surface area contributed by atoms with Crippen LogP contribution < -0.4 is 10.6 Å². The predicted octanol–water partition coefficient (Wildman–Crippen LogP) is 4.06. The van der Waals surface area contributed by atoms with Gasteiger partial charge in [0, 0.05) is 13.0 Å². The van der Waals surface area contributed by atoms with Crippen LogP contribution >= 0.6 is 0 Å². The van der Waals surface area contributed by atoms with Crippen molar-refractivity contribution in [3.05, 3.63) is 71.8 Å². The van der Waals surface area contributed by atoms with E-state index in [4.69, 9.17) is 4.74 Å². The van der Waals surface area contributed by atoms with Gasteiger partial charge in [0.2, 0.25) is 5.91 Å². The molecule has 0 spiro atoms.